The molecule has 2 aromatic rings. The molecule has 35 heavy (non-hydrogen) atoms. The summed E-state index contributed by atoms with van der Waals surface area (Å²) >= 11 is 12.5. The fraction of sp³-hybridized carbons (Fsp3) is 0.462. The number of carbonyl (C=O) groups is 2. The Morgan fingerprint density at radius 2 is 1.60 bits per heavy atom. The summed E-state index contributed by atoms with van der Waals surface area (Å²) in [6.45, 7) is 9.70. The fourth-order valence-corrected chi connectivity index (χ4v) is 4.46. The van der Waals surface area contributed by atoms with Gasteiger partial charge in [0.15, 0.2) is 0 Å². The molecule has 3 atom stereocenters. The van der Waals surface area contributed by atoms with Crippen LogP contribution in [0.2, 0.25) is 10.0 Å². The van der Waals surface area contributed by atoms with Gasteiger partial charge in [-0.05, 0) is 59.1 Å². The van der Waals surface area contributed by atoms with Crippen molar-refractivity contribution >= 4 is 40.8 Å². The van der Waals surface area contributed by atoms with Crippen molar-refractivity contribution in [1.82, 2.24) is 0 Å². The molecule has 0 aliphatic heterocycles. The summed E-state index contributed by atoms with van der Waals surface area (Å²) < 4.78 is 41.3. The molecule has 0 radical (unpaired) electrons. The van der Waals surface area contributed by atoms with Gasteiger partial charge in [0.25, 0.3) is 0 Å². The molecule has 9 heteroatoms. The molecule has 4 nitrogen and oxygen atoms in total. The molecule has 1 N–H and O–H groups in total. The quantitative estimate of drug-likeness (QED) is 0.447. The van der Waals surface area contributed by atoms with Crippen LogP contribution in [0.3, 0.4) is 0 Å². The SMILES string of the molecule is Cc1cc(C[C@@H](C)C(=O)[O-])c(C(C)(C)C)c(NC(=O)[C@H](c2ccc(Cl)cc2)[C@@H](C)C(F)(F)F)c1Cl. The van der Waals surface area contributed by atoms with Gasteiger partial charge in [-0.3, -0.25) is 4.79 Å². The Morgan fingerprint density at radius 1 is 1.06 bits per heavy atom. The first-order chi connectivity index (χ1) is 15.9. The van der Waals surface area contributed by atoms with E-state index in [1.807, 2.05) is 20.8 Å². The number of carboxylic acid groups (broad SMARTS) is 1. The van der Waals surface area contributed by atoms with E-state index in [1.165, 1.54) is 31.2 Å². The molecule has 0 aromatic heterocycles. The largest absolute Gasteiger partial charge is 0.550 e. The second-order valence-electron chi connectivity index (χ2n) is 9.94. The van der Waals surface area contributed by atoms with Gasteiger partial charge >= 0.3 is 6.18 Å². The van der Waals surface area contributed by atoms with Gasteiger partial charge in [0.1, 0.15) is 0 Å². The maximum atomic E-state index is 13.8. The van der Waals surface area contributed by atoms with E-state index in [0.29, 0.717) is 21.7 Å². The van der Waals surface area contributed by atoms with Gasteiger partial charge in [-0.15, -0.1) is 0 Å². The highest BCUT2D eigenvalue weighted by atomic mass is 35.5. The highest BCUT2D eigenvalue weighted by Gasteiger charge is 2.45. The van der Waals surface area contributed by atoms with Crippen molar-refractivity contribution in [2.45, 2.75) is 65.5 Å². The summed E-state index contributed by atoms with van der Waals surface area (Å²) in [4.78, 5) is 24.9. The summed E-state index contributed by atoms with van der Waals surface area (Å²) in [5.41, 5.74) is 1.46. The number of hydrogen-bond donors (Lipinski definition) is 1. The van der Waals surface area contributed by atoms with Crippen LogP contribution in [0.4, 0.5) is 18.9 Å². The lowest BCUT2D eigenvalue weighted by Gasteiger charge is -2.31. The van der Waals surface area contributed by atoms with Crippen molar-refractivity contribution in [3.05, 3.63) is 62.6 Å². The Morgan fingerprint density at radius 3 is 2.06 bits per heavy atom. The molecule has 0 heterocycles. The molecule has 0 aliphatic carbocycles. The molecule has 0 spiro atoms. The van der Waals surface area contributed by atoms with Crippen LogP contribution in [-0.4, -0.2) is 18.1 Å². The predicted octanol–water partition coefficient (Wildman–Crippen LogP) is 6.45. The number of rotatable bonds is 7. The minimum Gasteiger partial charge on any atom is -0.550 e. The molecule has 2 aromatic carbocycles. The third-order valence-corrected chi connectivity index (χ3v) is 6.72. The zero-order valence-corrected chi connectivity index (χ0v) is 22.0. The highest BCUT2D eigenvalue weighted by molar-refractivity contribution is 6.35. The van der Waals surface area contributed by atoms with E-state index in [1.54, 1.807) is 13.0 Å². The van der Waals surface area contributed by atoms with Crippen LogP contribution in [0.15, 0.2) is 30.3 Å². The van der Waals surface area contributed by atoms with Gasteiger partial charge < -0.3 is 15.2 Å². The molecule has 0 saturated carbocycles. The second kappa shape index (κ2) is 10.8. The Kier molecular flexibility index (Phi) is 8.93. The lowest BCUT2D eigenvalue weighted by Crippen LogP contribution is -2.35. The molecule has 0 fully saturated rings. The first kappa shape index (κ1) is 29.0. The molecule has 1 amide bonds. The van der Waals surface area contributed by atoms with Crippen molar-refractivity contribution in [2.24, 2.45) is 11.8 Å². The number of halogens is 5. The summed E-state index contributed by atoms with van der Waals surface area (Å²) in [5, 5.41) is 14.6. The molecule has 2 rings (SSSR count). The van der Waals surface area contributed by atoms with Gasteiger partial charge in [-0.1, -0.05) is 76.0 Å². The van der Waals surface area contributed by atoms with Gasteiger partial charge in [-0.2, -0.15) is 13.2 Å². The average molecular weight is 531 g/mol. The maximum absolute atomic E-state index is 13.8. The van der Waals surface area contributed by atoms with E-state index in [2.05, 4.69) is 5.32 Å². The maximum Gasteiger partial charge on any atom is 0.392 e. The Bertz CT molecular complexity index is 1090. The molecular formula is C26H29Cl2F3NO3-. The number of amides is 1. The van der Waals surface area contributed by atoms with E-state index in [4.69, 9.17) is 23.2 Å². The number of nitrogens with one attached hydrogen (secondary N) is 1. The molecule has 192 valence electrons. The number of carboxylic acids is 1. The van der Waals surface area contributed by atoms with Gasteiger partial charge in [0.2, 0.25) is 5.91 Å². The van der Waals surface area contributed by atoms with E-state index in [0.717, 1.165) is 6.92 Å². The van der Waals surface area contributed by atoms with Crippen LogP contribution in [0.5, 0.6) is 0 Å². The van der Waals surface area contributed by atoms with Crippen LogP contribution >= 0.6 is 23.2 Å². The lowest BCUT2D eigenvalue weighted by atomic mass is 9.79. The van der Waals surface area contributed by atoms with E-state index < -0.39 is 41.2 Å². The topological polar surface area (TPSA) is 69.2 Å². The van der Waals surface area contributed by atoms with Crippen LogP contribution in [0.25, 0.3) is 0 Å². The van der Waals surface area contributed by atoms with E-state index in [9.17, 15) is 27.9 Å². The number of hydrogen-bond acceptors (Lipinski definition) is 3. The smallest absolute Gasteiger partial charge is 0.392 e. The standard InChI is InChI=1S/C26H30Cl2F3NO3/c1-13-11-17(12-14(2)24(34)35)20(25(4,5)6)22(21(13)28)32-23(33)19(15(3)26(29,30)31)16-7-9-18(27)10-8-16/h7-11,14-15,19H,12H2,1-6H3,(H,32,33)(H,34,35)/p-1/t14-,15-,19+/m1/s1. The zero-order chi connectivity index (χ0) is 26.9. The summed E-state index contributed by atoms with van der Waals surface area (Å²) in [6.07, 6.45) is -4.53. The van der Waals surface area contributed by atoms with Crippen LogP contribution < -0.4 is 10.4 Å². The molecule has 0 bridgehead atoms. The lowest BCUT2D eigenvalue weighted by molar-refractivity contribution is -0.310. The molecular weight excluding hydrogens is 502 g/mol. The van der Waals surface area contributed by atoms with Crippen molar-refractivity contribution < 1.29 is 27.9 Å². The van der Waals surface area contributed by atoms with Gasteiger partial charge in [0.05, 0.1) is 22.5 Å². The van der Waals surface area contributed by atoms with Crippen molar-refractivity contribution in [3.63, 3.8) is 0 Å². The molecule has 0 unspecified atom stereocenters. The predicted molar refractivity (Wildman–Crippen MR) is 131 cm³/mol. The summed E-state index contributed by atoms with van der Waals surface area (Å²) in [5.74, 6) is -6.50. The van der Waals surface area contributed by atoms with E-state index >= 15 is 0 Å². The first-order valence-electron chi connectivity index (χ1n) is 11.1. The number of alkyl halides is 3. The summed E-state index contributed by atoms with van der Waals surface area (Å²) in [6, 6.07) is 7.39. The Balaban J connectivity index is 2.67. The van der Waals surface area contributed by atoms with Crippen molar-refractivity contribution in [1.29, 1.82) is 0 Å². The minimum absolute atomic E-state index is 0.107. The molecule has 0 aliphatic rings. The van der Waals surface area contributed by atoms with Gasteiger partial charge in [0, 0.05) is 11.0 Å². The fourth-order valence-electron chi connectivity index (χ4n) is 4.14. The number of aliphatic carboxylic acids is 1. The number of benzene rings is 2. The van der Waals surface area contributed by atoms with E-state index in [-0.39, 0.29) is 22.7 Å². The average Bonchev–Trinajstić information content (AvgIpc) is 2.71. The van der Waals surface area contributed by atoms with Crippen LogP contribution in [0.1, 0.15) is 62.8 Å². The second-order valence-corrected chi connectivity index (χ2v) is 10.8. The van der Waals surface area contributed by atoms with Crippen molar-refractivity contribution in [3.8, 4) is 0 Å². The first-order valence-corrected chi connectivity index (χ1v) is 11.9. The normalized spacial score (nSPS) is 14.8. The highest BCUT2D eigenvalue weighted by Crippen LogP contribution is 2.43. The van der Waals surface area contributed by atoms with Crippen molar-refractivity contribution in [2.75, 3.05) is 5.32 Å². The number of anilines is 1. The monoisotopic (exact) mass is 530 g/mol. The Labute approximate surface area is 213 Å². The minimum atomic E-state index is -4.64. The summed E-state index contributed by atoms with van der Waals surface area (Å²) in [7, 11) is 0. The Hall–Kier alpha value is -2.25. The third-order valence-electron chi connectivity index (χ3n) is 5.98. The third kappa shape index (κ3) is 6.91. The number of carbonyl (C=O) groups excluding carboxylic acids is 2. The van der Waals surface area contributed by atoms with Crippen LogP contribution in [0, 0.1) is 18.8 Å². The number of aryl methyl sites for hydroxylation is 1. The zero-order valence-electron chi connectivity index (χ0n) is 20.4. The van der Waals surface area contributed by atoms with Crippen LogP contribution in [-0.2, 0) is 21.4 Å². The molecule has 0 saturated heterocycles. The van der Waals surface area contributed by atoms with Gasteiger partial charge in [-0.25, -0.2) is 0 Å².